The van der Waals surface area contributed by atoms with Gasteiger partial charge >= 0.3 is 6.18 Å². The number of halogens is 3. The first-order valence-electron chi connectivity index (χ1n) is 5.15. The summed E-state index contributed by atoms with van der Waals surface area (Å²) in [5.74, 6) is 0. The molecule has 0 radical (unpaired) electrons. The van der Waals surface area contributed by atoms with Crippen LogP contribution in [0.1, 0.15) is 6.42 Å². The smallest absolute Gasteiger partial charge is 0.380 e. The van der Waals surface area contributed by atoms with E-state index in [0.29, 0.717) is 6.61 Å². The van der Waals surface area contributed by atoms with E-state index in [-0.39, 0.29) is 6.61 Å². The maximum absolute atomic E-state index is 11.7. The van der Waals surface area contributed by atoms with Crippen LogP contribution in [0.2, 0.25) is 0 Å². The van der Waals surface area contributed by atoms with Gasteiger partial charge in [0.05, 0.1) is 19.6 Å². The molecule has 0 aromatic heterocycles. The molecule has 1 heterocycles. The minimum Gasteiger partial charge on any atom is -0.380 e. The molecular weight excluding hydrogens is 209 g/mol. The molecule has 0 aliphatic carbocycles. The van der Waals surface area contributed by atoms with Crippen LogP contribution < -0.4 is 5.32 Å². The van der Waals surface area contributed by atoms with Crippen molar-refractivity contribution < 1.29 is 17.9 Å². The van der Waals surface area contributed by atoms with Gasteiger partial charge in [-0.2, -0.15) is 13.2 Å². The molecule has 0 aromatic rings. The van der Waals surface area contributed by atoms with Gasteiger partial charge < -0.3 is 10.1 Å². The number of hydrogen-bond acceptors (Lipinski definition) is 3. The summed E-state index contributed by atoms with van der Waals surface area (Å²) in [5.41, 5.74) is 0. The van der Waals surface area contributed by atoms with Crippen molar-refractivity contribution in [1.82, 2.24) is 10.2 Å². The van der Waals surface area contributed by atoms with Crippen LogP contribution in [0.5, 0.6) is 0 Å². The maximum Gasteiger partial charge on any atom is 0.391 e. The van der Waals surface area contributed by atoms with Gasteiger partial charge in [-0.1, -0.05) is 0 Å². The van der Waals surface area contributed by atoms with E-state index in [2.05, 4.69) is 10.2 Å². The first kappa shape index (κ1) is 12.7. The summed E-state index contributed by atoms with van der Waals surface area (Å²) in [5, 5.41) is 3.20. The molecule has 0 spiro atoms. The summed E-state index contributed by atoms with van der Waals surface area (Å²) in [6.45, 7) is 4.67. The third-order valence-electron chi connectivity index (χ3n) is 2.29. The normalized spacial score (nSPS) is 19.4. The highest BCUT2D eigenvalue weighted by molar-refractivity contribution is 4.66. The van der Waals surface area contributed by atoms with E-state index in [4.69, 9.17) is 4.74 Å². The second kappa shape index (κ2) is 6.30. The summed E-state index contributed by atoms with van der Waals surface area (Å²) in [6, 6.07) is 0. The van der Waals surface area contributed by atoms with Crippen LogP contribution in [0, 0.1) is 0 Å². The number of piperazine rings is 1. The number of ether oxygens (including phenoxy) is 1. The van der Waals surface area contributed by atoms with E-state index < -0.39 is 12.6 Å². The zero-order valence-corrected chi connectivity index (χ0v) is 8.65. The molecule has 0 saturated carbocycles. The summed E-state index contributed by atoms with van der Waals surface area (Å²) >= 11 is 0. The third kappa shape index (κ3) is 6.70. The van der Waals surface area contributed by atoms with Crippen LogP contribution in [0.3, 0.4) is 0 Å². The first-order chi connectivity index (χ1) is 7.08. The van der Waals surface area contributed by atoms with Crippen LogP contribution in [0.4, 0.5) is 13.2 Å². The van der Waals surface area contributed by atoms with Gasteiger partial charge in [0.15, 0.2) is 0 Å². The van der Waals surface area contributed by atoms with Crippen LogP contribution in [-0.2, 0) is 4.74 Å². The molecule has 0 unspecified atom stereocenters. The summed E-state index contributed by atoms with van der Waals surface area (Å²) in [6.07, 6.45) is -4.95. The predicted octanol–water partition coefficient (Wildman–Crippen LogP) is 0.861. The Balaban J connectivity index is 1.92. The fourth-order valence-corrected chi connectivity index (χ4v) is 1.42. The Hall–Kier alpha value is -0.330. The monoisotopic (exact) mass is 226 g/mol. The Morgan fingerprint density at radius 1 is 1.13 bits per heavy atom. The van der Waals surface area contributed by atoms with Gasteiger partial charge in [0.1, 0.15) is 0 Å². The molecule has 1 aliphatic heterocycles. The average molecular weight is 226 g/mol. The molecule has 0 bridgehead atoms. The predicted molar refractivity (Wildman–Crippen MR) is 50.8 cm³/mol. The van der Waals surface area contributed by atoms with E-state index in [1.165, 1.54) is 0 Å². The number of nitrogens with one attached hydrogen (secondary N) is 1. The van der Waals surface area contributed by atoms with Crippen molar-refractivity contribution in [2.45, 2.75) is 12.6 Å². The zero-order chi connectivity index (χ0) is 11.1. The van der Waals surface area contributed by atoms with Crippen molar-refractivity contribution >= 4 is 0 Å². The molecular formula is C9H17F3N2O. The fourth-order valence-electron chi connectivity index (χ4n) is 1.42. The quantitative estimate of drug-likeness (QED) is 0.704. The Morgan fingerprint density at radius 3 is 2.40 bits per heavy atom. The van der Waals surface area contributed by atoms with Crippen molar-refractivity contribution in [2.75, 3.05) is 45.9 Å². The van der Waals surface area contributed by atoms with E-state index in [1.54, 1.807) is 0 Å². The van der Waals surface area contributed by atoms with E-state index in [0.717, 1.165) is 32.7 Å². The lowest BCUT2D eigenvalue weighted by atomic mass is 10.3. The molecule has 0 atom stereocenters. The standard InChI is InChI=1S/C9H17F3N2O/c10-9(11,12)1-7-15-8-6-14-4-2-13-3-5-14/h13H,1-8H2. The minimum absolute atomic E-state index is 0.227. The van der Waals surface area contributed by atoms with Gasteiger partial charge in [0.25, 0.3) is 0 Å². The highest BCUT2D eigenvalue weighted by Gasteiger charge is 2.26. The van der Waals surface area contributed by atoms with Gasteiger partial charge in [0, 0.05) is 32.7 Å². The van der Waals surface area contributed by atoms with Crippen molar-refractivity contribution in [3.05, 3.63) is 0 Å². The van der Waals surface area contributed by atoms with E-state index in [1.807, 2.05) is 0 Å². The van der Waals surface area contributed by atoms with Gasteiger partial charge in [-0.25, -0.2) is 0 Å². The number of alkyl halides is 3. The second-order valence-corrected chi connectivity index (χ2v) is 3.57. The number of nitrogens with zero attached hydrogens (tertiary/aromatic N) is 1. The first-order valence-corrected chi connectivity index (χ1v) is 5.15. The lowest BCUT2D eigenvalue weighted by Gasteiger charge is -2.26. The van der Waals surface area contributed by atoms with Crippen LogP contribution in [-0.4, -0.2) is 57.0 Å². The van der Waals surface area contributed by atoms with Gasteiger partial charge in [-0.15, -0.1) is 0 Å². The Kier molecular flexibility index (Phi) is 5.35. The number of rotatable bonds is 5. The molecule has 0 amide bonds. The second-order valence-electron chi connectivity index (χ2n) is 3.57. The van der Waals surface area contributed by atoms with Crippen molar-refractivity contribution in [3.8, 4) is 0 Å². The summed E-state index contributed by atoms with van der Waals surface area (Å²) in [4.78, 5) is 2.18. The highest BCUT2D eigenvalue weighted by atomic mass is 19.4. The largest absolute Gasteiger partial charge is 0.391 e. The molecule has 1 saturated heterocycles. The van der Waals surface area contributed by atoms with Gasteiger partial charge in [-0.05, 0) is 0 Å². The van der Waals surface area contributed by atoms with Crippen molar-refractivity contribution in [1.29, 1.82) is 0 Å². The molecule has 15 heavy (non-hydrogen) atoms. The molecule has 90 valence electrons. The van der Waals surface area contributed by atoms with Gasteiger partial charge in [-0.3, -0.25) is 4.90 Å². The molecule has 6 heteroatoms. The summed E-state index contributed by atoms with van der Waals surface area (Å²) in [7, 11) is 0. The van der Waals surface area contributed by atoms with Crippen molar-refractivity contribution in [2.24, 2.45) is 0 Å². The Bertz CT molecular complexity index is 169. The van der Waals surface area contributed by atoms with E-state index >= 15 is 0 Å². The van der Waals surface area contributed by atoms with Crippen LogP contribution >= 0.6 is 0 Å². The zero-order valence-electron chi connectivity index (χ0n) is 8.65. The SMILES string of the molecule is FC(F)(F)CCOCCN1CCNCC1. The highest BCUT2D eigenvalue weighted by Crippen LogP contribution is 2.18. The van der Waals surface area contributed by atoms with Gasteiger partial charge in [0.2, 0.25) is 0 Å². The Morgan fingerprint density at radius 2 is 1.80 bits per heavy atom. The van der Waals surface area contributed by atoms with Crippen LogP contribution in [0.25, 0.3) is 0 Å². The molecule has 1 rings (SSSR count). The van der Waals surface area contributed by atoms with Crippen molar-refractivity contribution in [3.63, 3.8) is 0 Å². The molecule has 0 aromatic carbocycles. The summed E-state index contributed by atoms with van der Waals surface area (Å²) < 4.78 is 40.1. The lowest BCUT2D eigenvalue weighted by molar-refractivity contribution is -0.145. The molecule has 1 N–H and O–H groups in total. The maximum atomic E-state index is 11.7. The lowest BCUT2D eigenvalue weighted by Crippen LogP contribution is -2.44. The average Bonchev–Trinajstić information content (AvgIpc) is 2.17. The molecule has 1 aliphatic rings. The molecule has 3 nitrogen and oxygen atoms in total. The van der Waals surface area contributed by atoms with E-state index in [9.17, 15) is 13.2 Å². The Labute approximate surface area is 87.6 Å². The fraction of sp³-hybridized carbons (Fsp3) is 1.00. The topological polar surface area (TPSA) is 24.5 Å². The molecule has 1 fully saturated rings. The third-order valence-corrected chi connectivity index (χ3v) is 2.29. The van der Waals surface area contributed by atoms with Crippen LogP contribution in [0.15, 0.2) is 0 Å². The number of hydrogen-bond donors (Lipinski definition) is 1. The minimum atomic E-state index is -4.10.